The van der Waals surface area contributed by atoms with Gasteiger partial charge in [-0.15, -0.1) is 0 Å². The highest BCUT2D eigenvalue weighted by molar-refractivity contribution is 6.32. The standard InChI is InChI=1S/C20H29N3O2/c1-5-8-18(21-11-6-7-12-23(3)4)19-16-13-15(14(2)24)9-10-17(16)22-20(19)25/h9-10,13,21H,5-8,11-12H2,1-4H3,(H,22,25)/b19-18-. The van der Waals surface area contributed by atoms with Crippen molar-refractivity contribution in [3.8, 4) is 0 Å². The highest BCUT2D eigenvalue weighted by Crippen LogP contribution is 2.35. The minimum absolute atomic E-state index is 0.00943. The molecule has 1 aromatic carbocycles. The van der Waals surface area contributed by atoms with Crippen LogP contribution in [0.25, 0.3) is 5.57 Å². The molecule has 0 aliphatic carbocycles. The predicted molar refractivity (Wildman–Crippen MR) is 103 cm³/mol. The Morgan fingerprint density at radius 1 is 1.24 bits per heavy atom. The fourth-order valence-electron chi connectivity index (χ4n) is 3.03. The van der Waals surface area contributed by atoms with E-state index in [1.54, 1.807) is 13.0 Å². The summed E-state index contributed by atoms with van der Waals surface area (Å²) in [6, 6.07) is 5.41. The SMILES string of the molecule is CCC/C(NCCCCN(C)C)=C1/C(=O)Nc2ccc(C(C)=O)cc21. The van der Waals surface area contributed by atoms with Crippen molar-refractivity contribution in [1.29, 1.82) is 0 Å². The molecule has 1 aromatic rings. The summed E-state index contributed by atoms with van der Waals surface area (Å²) in [4.78, 5) is 26.4. The third kappa shape index (κ3) is 4.92. The van der Waals surface area contributed by atoms with Crippen molar-refractivity contribution in [2.45, 2.75) is 39.5 Å². The molecular weight excluding hydrogens is 314 g/mol. The lowest BCUT2D eigenvalue weighted by molar-refractivity contribution is -0.110. The van der Waals surface area contributed by atoms with E-state index in [0.717, 1.165) is 55.7 Å². The van der Waals surface area contributed by atoms with Gasteiger partial charge in [-0.3, -0.25) is 9.59 Å². The average Bonchev–Trinajstić information content (AvgIpc) is 2.88. The van der Waals surface area contributed by atoms with E-state index in [9.17, 15) is 9.59 Å². The number of allylic oxidation sites excluding steroid dienone is 1. The van der Waals surface area contributed by atoms with E-state index in [2.05, 4.69) is 36.6 Å². The maximum atomic E-state index is 12.5. The van der Waals surface area contributed by atoms with E-state index in [-0.39, 0.29) is 11.7 Å². The molecule has 0 unspecified atom stereocenters. The molecule has 25 heavy (non-hydrogen) atoms. The van der Waals surface area contributed by atoms with Crippen LogP contribution in [0.1, 0.15) is 55.5 Å². The summed E-state index contributed by atoms with van der Waals surface area (Å²) in [7, 11) is 4.15. The third-order valence-electron chi connectivity index (χ3n) is 4.34. The smallest absolute Gasteiger partial charge is 0.258 e. The molecule has 0 aromatic heterocycles. The number of hydrogen-bond acceptors (Lipinski definition) is 4. The van der Waals surface area contributed by atoms with Crippen molar-refractivity contribution < 1.29 is 9.59 Å². The number of fused-ring (bicyclic) bond motifs is 1. The lowest BCUT2D eigenvalue weighted by Crippen LogP contribution is -2.20. The van der Waals surface area contributed by atoms with Crippen molar-refractivity contribution in [3.63, 3.8) is 0 Å². The Morgan fingerprint density at radius 2 is 2.00 bits per heavy atom. The Morgan fingerprint density at radius 3 is 2.64 bits per heavy atom. The van der Waals surface area contributed by atoms with E-state index >= 15 is 0 Å². The van der Waals surface area contributed by atoms with E-state index in [4.69, 9.17) is 0 Å². The maximum Gasteiger partial charge on any atom is 0.258 e. The summed E-state index contributed by atoms with van der Waals surface area (Å²) in [6.45, 7) is 5.56. The molecule has 5 heteroatoms. The van der Waals surface area contributed by atoms with Gasteiger partial charge in [0.2, 0.25) is 0 Å². The van der Waals surface area contributed by atoms with Gasteiger partial charge in [-0.2, -0.15) is 0 Å². The zero-order chi connectivity index (χ0) is 18.4. The summed E-state index contributed by atoms with van der Waals surface area (Å²) >= 11 is 0. The highest BCUT2D eigenvalue weighted by Gasteiger charge is 2.27. The van der Waals surface area contributed by atoms with Crippen molar-refractivity contribution >= 4 is 23.0 Å². The molecule has 1 amide bonds. The normalized spacial score (nSPS) is 15.2. The molecule has 0 saturated carbocycles. The van der Waals surface area contributed by atoms with Crippen molar-refractivity contribution in [2.75, 3.05) is 32.5 Å². The number of hydrogen-bond donors (Lipinski definition) is 2. The van der Waals surface area contributed by atoms with Gasteiger partial charge >= 0.3 is 0 Å². The summed E-state index contributed by atoms with van der Waals surface area (Å²) in [6.07, 6.45) is 3.95. The number of Topliss-reactive ketones (excluding diaryl/α,β-unsaturated/α-hetero) is 1. The lowest BCUT2D eigenvalue weighted by atomic mass is 9.99. The lowest BCUT2D eigenvalue weighted by Gasteiger charge is -2.14. The molecule has 0 atom stereocenters. The first-order valence-electron chi connectivity index (χ1n) is 9.02. The van der Waals surface area contributed by atoms with Gasteiger partial charge in [-0.1, -0.05) is 13.3 Å². The molecule has 0 fully saturated rings. The van der Waals surface area contributed by atoms with Crippen LogP contribution in [0.15, 0.2) is 23.9 Å². The number of benzene rings is 1. The Balaban J connectivity index is 2.22. The highest BCUT2D eigenvalue weighted by atomic mass is 16.2. The number of amides is 1. The van der Waals surface area contributed by atoms with E-state index < -0.39 is 0 Å². The second kappa shape index (κ2) is 8.81. The average molecular weight is 343 g/mol. The number of nitrogens with one attached hydrogen (secondary N) is 2. The van der Waals surface area contributed by atoms with E-state index in [1.807, 2.05) is 12.1 Å². The number of unbranched alkanes of at least 4 members (excludes halogenated alkanes) is 1. The molecule has 0 spiro atoms. The van der Waals surface area contributed by atoms with Crippen molar-refractivity contribution in [1.82, 2.24) is 10.2 Å². The van der Waals surface area contributed by atoms with Crippen molar-refractivity contribution in [2.24, 2.45) is 0 Å². The first kappa shape index (κ1) is 19.2. The van der Waals surface area contributed by atoms with Gasteiger partial charge < -0.3 is 15.5 Å². The minimum Gasteiger partial charge on any atom is -0.388 e. The van der Waals surface area contributed by atoms with Gasteiger partial charge in [0.05, 0.1) is 5.57 Å². The molecule has 2 rings (SSSR count). The Bertz CT molecular complexity index is 678. The van der Waals surface area contributed by atoms with Crippen LogP contribution in [0.2, 0.25) is 0 Å². The van der Waals surface area contributed by atoms with Gasteiger partial charge in [-0.25, -0.2) is 0 Å². The number of carbonyl (C=O) groups excluding carboxylic acids is 2. The molecule has 2 N–H and O–H groups in total. The topological polar surface area (TPSA) is 61.4 Å². The Kier molecular flexibility index (Phi) is 6.76. The Hall–Kier alpha value is -2.14. The molecule has 0 radical (unpaired) electrons. The van der Waals surface area contributed by atoms with E-state index in [0.29, 0.717) is 11.1 Å². The van der Waals surface area contributed by atoms with Gasteiger partial charge in [0.25, 0.3) is 5.91 Å². The van der Waals surface area contributed by atoms with Crippen molar-refractivity contribution in [3.05, 3.63) is 35.0 Å². The number of rotatable bonds is 9. The van der Waals surface area contributed by atoms with Crippen LogP contribution < -0.4 is 10.6 Å². The molecule has 0 saturated heterocycles. The third-order valence-corrected chi connectivity index (χ3v) is 4.34. The van der Waals surface area contributed by atoms with Crippen LogP contribution in [-0.2, 0) is 4.79 Å². The Labute approximate surface area is 150 Å². The number of ketones is 1. The molecular formula is C20H29N3O2. The molecule has 1 aliphatic rings. The fraction of sp³-hybridized carbons (Fsp3) is 0.500. The summed E-state index contributed by atoms with van der Waals surface area (Å²) in [5.74, 6) is -0.0740. The maximum absolute atomic E-state index is 12.5. The largest absolute Gasteiger partial charge is 0.388 e. The molecule has 136 valence electrons. The van der Waals surface area contributed by atoms with Gasteiger partial charge in [0, 0.05) is 29.1 Å². The molecule has 1 aliphatic heterocycles. The number of carbonyl (C=O) groups is 2. The number of anilines is 1. The number of nitrogens with zero attached hydrogens (tertiary/aromatic N) is 1. The second-order valence-corrected chi connectivity index (χ2v) is 6.81. The quantitative estimate of drug-likeness (QED) is 0.410. The van der Waals surface area contributed by atoms with Crippen LogP contribution >= 0.6 is 0 Å². The van der Waals surface area contributed by atoms with Crippen LogP contribution in [0, 0.1) is 0 Å². The first-order chi connectivity index (χ1) is 11.9. The zero-order valence-electron chi connectivity index (χ0n) is 15.7. The van der Waals surface area contributed by atoms with Gasteiger partial charge in [0.1, 0.15) is 0 Å². The van der Waals surface area contributed by atoms with Crippen LogP contribution in [0.4, 0.5) is 5.69 Å². The zero-order valence-corrected chi connectivity index (χ0v) is 15.7. The van der Waals surface area contributed by atoms with Crippen LogP contribution in [0.3, 0.4) is 0 Å². The monoisotopic (exact) mass is 343 g/mol. The summed E-state index contributed by atoms with van der Waals surface area (Å²) in [5.41, 5.74) is 3.92. The van der Waals surface area contributed by atoms with Crippen LogP contribution in [0.5, 0.6) is 0 Å². The summed E-state index contributed by atoms with van der Waals surface area (Å²) < 4.78 is 0. The fourth-order valence-corrected chi connectivity index (χ4v) is 3.03. The van der Waals surface area contributed by atoms with E-state index in [1.165, 1.54) is 0 Å². The minimum atomic E-state index is -0.0834. The van der Waals surface area contributed by atoms with Crippen LogP contribution in [-0.4, -0.2) is 43.8 Å². The summed E-state index contributed by atoms with van der Waals surface area (Å²) in [5, 5.41) is 6.39. The predicted octanol–water partition coefficient (Wildman–Crippen LogP) is 3.28. The molecule has 5 nitrogen and oxygen atoms in total. The molecule has 0 bridgehead atoms. The first-order valence-corrected chi connectivity index (χ1v) is 9.02. The van der Waals surface area contributed by atoms with Gasteiger partial charge in [0.15, 0.2) is 5.78 Å². The van der Waals surface area contributed by atoms with Gasteiger partial charge in [-0.05, 0) is 65.0 Å². The molecule has 1 heterocycles. The second-order valence-electron chi connectivity index (χ2n) is 6.81.